The Morgan fingerprint density at radius 3 is 2.94 bits per heavy atom. The molecule has 0 atom stereocenters. The van der Waals surface area contributed by atoms with Crippen LogP contribution in [-0.4, -0.2) is 26.5 Å². The van der Waals surface area contributed by atoms with Crippen LogP contribution in [0.2, 0.25) is 0 Å². The van der Waals surface area contributed by atoms with E-state index in [9.17, 15) is 0 Å². The van der Waals surface area contributed by atoms with Gasteiger partial charge in [0.05, 0.1) is 30.6 Å². The maximum atomic E-state index is 8.75. The molecule has 0 fully saturated rings. The second-order valence-corrected chi connectivity index (χ2v) is 3.38. The van der Waals surface area contributed by atoms with Crippen molar-refractivity contribution in [2.45, 2.75) is 6.54 Å². The lowest BCUT2D eigenvalue weighted by Crippen LogP contribution is -2.01. The van der Waals surface area contributed by atoms with Crippen LogP contribution >= 0.6 is 0 Å². The van der Waals surface area contributed by atoms with Crippen molar-refractivity contribution in [3.05, 3.63) is 36.3 Å². The molecule has 0 aliphatic heterocycles. The molecule has 0 spiro atoms. The second kappa shape index (κ2) is 5.09. The van der Waals surface area contributed by atoms with Crippen molar-refractivity contribution in [2.75, 3.05) is 11.9 Å². The Morgan fingerprint density at radius 2 is 2.29 bits per heavy atom. The standard InChI is InChI=1S/C11H11N5O/c12-5-9-1-2-11(13-6-9)15-10-7-14-16(8-10)3-4-17/h1-2,6-8,17H,3-4H2,(H,13,15). The van der Waals surface area contributed by atoms with Crippen LogP contribution in [0.4, 0.5) is 11.5 Å². The molecule has 2 rings (SSSR count). The number of nitriles is 1. The van der Waals surface area contributed by atoms with Gasteiger partial charge in [-0.25, -0.2) is 4.98 Å². The van der Waals surface area contributed by atoms with Crippen LogP contribution < -0.4 is 5.32 Å². The summed E-state index contributed by atoms with van der Waals surface area (Å²) in [6, 6.07) is 5.42. The first-order chi connectivity index (χ1) is 8.31. The predicted octanol–water partition coefficient (Wildman–Crippen LogP) is 0.886. The van der Waals surface area contributed by atoms with Crippen LogP contribution in [-0.2, 0) is 6.54 Å². The molecule has 0 aliphatic rings. The molecule has 0 aliphatic carbocycles. The molecular weight excluding hydrogens is 218 g/mol. The van der Waals surface area contributed by atoms with Gasteiger partial charge < -0.3 is 10.4 Å². The average Bonchev–Trinajstić information content (AvgIpc) is 2.78. The minimum atomic E-state index is 0.0518. The zero-order chi connectivity index (χ0) is 12.1. The van der Waals surface area contributed by atoms with E-state index in [0.717, 1.165) is 5.69 Å². The van der Waals surface area contributed by atoms with Gasteiger partial charge in [-0.1, -0.05) is 0 Å². The summed E-state index contributed by atoms with van der Waals surface area (Å²) in [5, 5.41) is 24.5. The van der Waals surface area contributed by atoms with Gasteiger partial charge in [0, 0.05) is 12.4 Å². The van der Waals surface area contributed by atoms with Crippen LogP contribution in [0.3, 0.4) is 0 Å². The molecule has 86 valence electrons. The van der Waals surface area contributed by atoms with Gasteiger partial charge in [0.2, 0.25) is 0 Å². The first-order valence-corrected chi connectivity index (χ1v) is 5.08. The number of pyridine rings is 1. The number of hydrogen-bond acceptors (Lipinski definition) is 5. The zero-order valence-electron chi connectivity index (χ0n) is 9.04. The first-order valence-electron chi connectivity index (χ1n) is 5.08. The Morgan fingerprint density at radius 1 is 1.41 bits per heavy atom. The van der Waals surface area contributed by atoms with Crippen molar-refractivity contribution in [1.82, 2.24) is 14.8 Å². The molecule has 17 heavy (non-hydrogen) atoms. The van der Waals surface area contributed by atoms with Crippen molar-refractivity contribution >= 4 is 11.5 Å². The summed E-state index contributed by atoms with van der Waals surface area (Å²) in [5.74, 6) is 0.646. The molecule has 6 heteroatoms. The molecule has 0 unspecified atom stereocenters. The van der Waals surface area contributed by atoms with E-state index in [-0.39, 0.29) is 6.61 Å². The highest BCUT2D eigenvalue weighted by molar-refractivity contribution is 5.54. The number of nitrogens with zero attached hydrogens (tertiary/aromatic N) is 4. The number of aliphatic hydroxyl groups excluding tert-OH is 1. The smallest absolute Gasteiger partial charge is 0.130 e. The van der Waals surface area contributed by atoms with Gasteiger partial charge in [0.25, 0.3) is 0 Å². The molecule has 0 aromatic carbocycles. The number of aromatic nitrogens is 3. The SMILES string of the molecule is N#Cc1ccc(Nc2cnn(CCO)c2)nc1. The summed E-state index contributed by atoms with van der Waals surface area (Å²) in [5.41, 5.74) is 1.31. The summed E-state index contributed by atoms with van der Waals surface area (Å²) in [6.07, 6.45) is 4.92. The summed E-state index contributed by atoms with van der Waals surface area (Å²) < 4.78 is 1.63. The van der Waals surface area contributed by atoms with E-state index in [1.165, 1.54) is 6.20 Å². The Labute approximate surface area is 98.1 Å². The van der Waals surface area contributed by atoms with Crippen LogP contribution in [0.5, 0.6) is 0 Å². The van der Waals surface area contributed by atoms with Crippen LogP contribution in [0.25, 0.3) is 0 Å². The molecule has 0 radical (unpaired) electrons. The Hall–Kier alpha value is -2.39. The molecule has 2 aromatic heterocycles. The van der Waals surface area contributed by atoms with Crippen LogP contribution in [0, 0.1) is 11.3 Å². The van der Waals surface area contributed by atoms with E-state index in [1.807, 2.05) is 6.07 Å². The number of aliphatic hydroxyl groups is 1. The van der Waals surface area contributed by atoms with Gasteiger partial charge >= 0.3 is 0 Å². The van der Waals surface area contributed by atoms with Gasteiger partial charge in [-0.3, -0.25) is 4.68 Å². The molecule has 0 bridgehead atoms. The van der Waals surface area contributed by atoms with E-state index in [0.29, 0.717) is 17.9 Å². The predicted molar refractivity (Wildman–Crippen MR) is 61.5 cm³/mol. The highest BCUT2D eigenvalue weighted by atomic mass is 16.3. The van der Waals surface area contributed by atoms with Crippen molar-refractivity contribution in [3.8, 4) is 6.07 Å². The van der Waals surface area contributed by atoms with E-state index < -0.39 is 0 Å². The van der Waals surface area contributed by atoms with Gasteiger partial charge in [-0.15, -0.1) is 0 Å². The Bertz CT molecular complexity index is 526. The highest BCUT2D eigenvalue weighted by Crippen LogP contribution is 2.13. The molecule has 2 N–H and O–H groups in total. The fourth-order valence-corrected chi connectivity index (χ4v) is 1.33. The zero-order valence-corrected chi connectivity index (χ0v) is 9.04. The van der Waals surface area contributed by atoms with Gasteiger partial charge in [0.15, 0.2) is 0 Å². The van der Waals surface area contributed by atoms with Crippen molar-refractivity contribution in [1.29, 1.82) is 5.26 Å². The lowest BCUT2D eigenvalue weighted by atomic mass is 10.3. The largest absolute Gasteiger partial charge is 0.394 e. The molecule has 0 amide bonds. The number of anilines is 2. The fourth-order valence-electron chi connectivity index (χ4n) is 1.33. The Balaban J connectivity index is 2.06. The van der Waals surface area contributed by atoms with Gasteiger partial charge in [-0.2, -0.15) is 10.4 Å². The third-order valence-corrected chi connectivity index (χ3v) is 2.13. The molecule has 0 saturated carbocycles. The van der Waals surface area contributed by atoms with E-state index in [2.05, 4.69) is 15.4 Å². The number of rotatable bonds is 4. The summed E-state index contributed by atoms with van der Waals surface area (Å²) in [7, 11) is 0. The molecule has 0 saturated heterocycles. The van der Waals surface area contributed by atoms with E-state index >= 15 is 0 Å². The van der Waals surface area contributed by atoms with E-state index in [1.54, 1.807) is 29.2 Å². The van der Waals surface area contributed by atoms with Crippen LogP contribution in [0.1, 0.15) is 5.56 Å². The third kappa shape index (κ3) is 2.80. The topological polar surface area (TPSA) is 86.8 Å². The number of hydrogen-bond donors (Lipinski definition) is 2. The minimum Gasteiger partial charge on any atom is -0.394 e. The summed E-state index contributed by atoms with van der Waals surface area (Å²) in [4.78, 5) is 4.08. The Kier molecular flexibility index (Phi) is 3.33. The quantitative estimate of drug-likeness (QED) is 0.812. The van der Waals surface area contributed by atoms with Crippen molar-refractivity contribution in [3.63, 3.8) is 0 Å². The summed E-state index contributed by atoms with van der Waals surface area (Å²) >= 11 is 0. The van der Waals surface area contributed by atoms with Gasteiger partial charge in [0.1, 0.15) is 11.9 Å². The summed E-state index contributed by atoms with van der Waals surface area (Å²) in [6.45, 7) is 0.513. The maximum absolute atomic E-state index is 8.75. The molecular formula is C11H11N5O. The van der Waals surface area contributed by atoms with Crippen molar-refractivity contribution in [2.24, 2.45) is 0 Å². The molecule has 6 nitrogen and oxygen atoms in total. The normalized spacial score (nSPS) is 9.88. The van der Waals surface area contributed by atoms with E-state index in [4.69, 9.17) is 10.4 Å². The molecule has 2 aromatic rings. The lowest BCUT2D eigenvalue weighted by molar-refractivity contribution is 0.269. The highest BCUT2D eigenvalue weighted by Gasteiger charge is 2.00. The minimum absolute atomic E-state index is 0.0518. The monoisotopic (exact) mass is 229 g/mol. The fraction of sp³-hybridized carbons (Fsp3) is 0.182. The maximum Gasteiger partial charge on any atom is 0.130 e. The average molecular weight is 229 g/mol. The van der Waals surface area contributed by atoms with Crippen LogP contribution in [0.15, 0.2) is 30.7 Å². The second-order valence-electron chi connectivity index (χ2n) is 3.38. The molecule has 2 heterocycles. The van der Waals surface area contributed by atoms with Crippen molar-refractivity contribution < 1.29 is 5.11 Å². The first kappa shape index (κ1) is 11.1. The lowest BCUT2D eigenvalue weighted by Gasteiger charge is -2.01. The third-order valence-electron chi connectivity index (χ3n) is 2.13. The van der Waals surface area contributed by atoms with Gasteiger partial charge in [-0.05, 0) is 12.1 Å². The number of nitrogens with one attached hydrogen (secondary N) is 1.